The van der Waals surface area contributed by atoms with E-state index < -0.39 is 11.6 Å². The molecular weight excluding hydrogens is 304 g/mol. The Morgan fingerprint density at radius 2 is 1.42 bits per heavy atom. The lowest BCUT2D eigenvalue weighted by Gasteiger charge is -2.14. The number of hydrogen-bond acceptors (Lipinski definition) is 1. The van der Waals surface area contributed by atoms with Crippen LogP contribution in [0.3, 0.4) is 0 Å². The standard InChI is InChI=1S/C21H13F2N/c22-18-11-6-10-16(21(18)23)20-15-9-4-5-12-19(15)24-13-17(20)14-7-2-1-3-8-14/h1-13H. The summed E-state index contributed by atoms with van der Waals surface area (Å²) >= 11 is 0. The molecule has 0 spiro atoms. The highest BCUT2D eigenvalue weighted by Gasteiger charge is 2.17. The molecule has 3 aromatic carbocycles. The topological polar surface area (TPSA) is 12.9 Å². The Kier molecular flexibility index (Phi) is 3.54. The van der Waals surface area contributed by atoms with E-state index in [2.05, 4.69) is 4.98 Å². The van der Waals surface area contributed by atoms with Gasteiger partial charge in [-0.2, -0.15) is 0 Å². The van der Waals surface area contributed by atoms with Gasteiger partial charge in [-0.05, 0) is 17.7 Å². The number of benzene rings is 3. The molecular formula is C21H13F2N. The average Bonchev–Trinajstić information content (AvgIpc) is 2.64. The third-order valence-corrected chi connectivity index (χ3v) is 4.08. The number of fused-ring (bicyclic) bond motifs is 1. The third-order valence-electron chi connectivity index (χ3n) is 4.08. The molecule has 116 valence electrons. The number of para-hydroxylation sites is 1. The summed E-state index contributed by atoms with van der Waals surface area (Å²) in [7, 11) is 0. The fourth-order valence-corrected chi connectivity index (χ4v) is 2.96. The van der Waals surface area contributed by atoms with Crippen LogP contribution in [-0.4, -0.2) is 4.98 Å². The molecule has 24 heavy (non-hydrogen) atoms. The summed E-state index contributed by atoms with van der Waals surface area (Å²) in [5.74, 6) is -1.70. The largest absolute Gasteiger partial charge is 0.256 e. The van der Waals surface area contributed by atoms with E-state index in [0.717, 1.165) is 28.1 Å². The molecule has 0 saturated carbocycles. The van der Waals surface area contributed by atoms with Gasteiger partial charge < -0.3 is 0 Å². The zero-order chi connectivity index (χ0) is 16.5. The highest BCUT2D eigenvalue weighted by molar-refractivity contribution is 6.02. The second-order valence-corrected chi connectivity index (χ2v) is 5.53. The quantitative estimate of drug-likeness (QED) is 0.452. The van der Waals surface area contributed by atoms with Crippen molar-refractivity contribution in [3.63, 3.8) is 0 Å². The van der Waals surface area contributed by atoms with E-state index in [1.807, 2.05) is 54.6 Å². The minimum absolute atomic E-state index is 0.243. The molecule has 3 heteroatoms. The summed E-state index contributed by atoms with van der Waals surface area (Å²) < 4.78 is 28.3. The molecule has 0 atom stereocenters. The number of pyridine rings is 1. The van der Waals surface area contributed by atoms with Crippen LogP contribution in [-0.2, 0) is 0 Å². The Labute approximate surface area is 138 Å². The molecule has 1 aromatic heterocycles. The smallest absolute Gasteiger partial charge is 0.166 e. The minimum Gasteiger partial charge on any atom is -0.256 e. The van der Waals surface area contributed by atoms with Gasteiger partial charge in [-0.3, -0.25) is 4.98 Å². The van der Waals surface area contributed by atoms with Crippen molar-refractivity contribution >= 4 is 10.9 Å². The van der Waals surface area contributed by atoms with Gasteiger partial charge in [0, 0.05) is 28.3 Å². The van der Waals surface area contributed by atoms with Gasteiger partial charge in [0.25, 0.3) is 0 Å². The van der Waals surface area contributed by atoms with Gasteiger partial charge >= 0.3 is 0 Å². The van der Waals surface area contributed by atoms with Crippen LogP contribution < -0.4 is 0 Å². The lowest BCUT2D eigenvalue weighted by Crippen LogP contribution is -1.95. The highest BCUT2D eigenvalue weighted by atomic mass is 19.2. The number of nitrogens with zero attached hydrogens (tertiary/aromatic N) is 1. The lowest BCUT2D eigenvalue weighted by atomic mass is 9.92. The van der Waals surface area contributed by atoms with Gasteiger partial charge in [-0.1, -0.05) is 60.7 Å². The molecule has 0 saturated heterocycles. The number of hydrogen-bond donors (Lipinski definition) is 0. The van der Waals surface area contributed by atoms with Gasteiger partial charge in [0.2, 0.25) is 0 Å². The Morgan fingerprint density at radius 3 is 2.25 bits per heavy atom. The Balaban J connectivity index is 2.13. The van der Waals surface area contributed by atoms with Crippen LogP contribution in [0.5, 0.6) is 0 Å². The predicted molar refractivity (Wildman–Crippen MR) is 92.5 cm³/mol. The van der Waals surface area contributed by atoms with Crippen molar-refractivity contribution in [3.8, 4) is 22.3 Å². The number of halogens is 2. The van der Waals surface area contributed by atoms with E-state index in [1.165, 1.54) is 6.07 Å². The first-order valence-electron chi connectivity index (χ1n) is 7.63. The van der Waals surface area contributed by atoms with Crippen LogP contribution in [0.2, 0.25) is 0 Å². The maximum atomic E-state index is 14.5. The maximum absolute atomic E-state index is 14.5. The zero-order valence-electron chi connectivity index (χ0n) is 12.7. The van der Waals surface area contributed by atoms with Crippen LogP contribution in [0.15, 0.2) is 79.0 Å². The molecule has 0 aliphatic heterocycles. The van der Waals surface area contributed by atoms with Gasteiger partial charge in [-0.25, -0.2) is 8.78 Å². The lowest BCUT2D eigenvalue weighted by molar-refractivity contribution is 0.511. The van der Waals surface area contributed by atoms with E-state index in [0.29, 0.717) is 5.56 Å². The molecule has 4 rings (SSSR count). The van der Waals surface area contributed by atoms with Crippen molar-refractivity contribution < 1.29 is 8.78 Å². The molecule has 0 amide bonds. The van der Waals surface area contributed by atoms with E-state index in [9.17, 15) is 8.78 Å². The second kappa shape index (κ2) is 5.85. The number of aromatic nitrogens is 1. The van der Waals surface area contributed by atoms with Crippen molar-refractivity contribution in [1.82, 2.24) is 4.98 Å². The molecule has 0 bridgehead atoms. The van der Waals surface area contributed by atoms with Crippen molar-refractivity contribution in [2.75, 3.05) is 0 Å². The van der Waals surface area contributed by atoms with Gasteiger partial charge in [0.1, 0.15) is 0 Å². The fraction of sp³-hybridized carbons (Fsp3) is 0. The third kappa shape index (κ3) is 2.35. The normalized spacial score (nSPS) is 10.9. The van der Waals surface area contributed by atoms with Crippen molar-refractivity contribution in [3.05, 3.63) is 90.6 Å². The van der Waals surface area contributed by atoms with Crippen LogP contribution in [0.4, 0.5) is 8.78 Å². The first kappa shape index (κ1) is 14.5. The molecule has 0 radical (unpaired) electrons. The fourth-order valence-electron chi connectivity index (χ4n) is 2.96. The van der Waals surface area contributed by atoms with Crippen LogP contribution in [0, 0.1) is 11.6 Å². The van der Waals surface area contributed by atoms with Gasteiger partial charge in [-0.15, -0.1) is 0 Å². The molecule has 0 fully saturated rings. The Hall–Kier alpha value is -3.07. The first-order chi connectivity index (χ1) is 11.8. The van der Waals surface area contributed by atoms with E-state index in [1.54, 1.807) is 12.3 Å². The Morgan fingerprint density at radius 1 is 0.667 bits per heavy atom. The predicted octanol–water partition coefficient (Wildman–Crippen LogP) is 5.85. The van der Waals surface area contributed by atoms with E-state index in [-0.39, 0.29) is 5.56 Å². The van der Waals surface area contributed by atoms with Crippen LogP contribution in [0.1, 0.15) is 0 Å². The monoisotopic (exact) mass is 317 g/mol. The molecule has 1 nitrogen and oxygen atoms in total. The summed E-state index contributed by atoms with van der Waals surface area (Å²) in [6.07, 6.45) is 1.72. The van der Waals surface area contributed by atoms with Crippen LogP contribution in [0.25, 0.3) is 33.2 Å². The molecule has 0 aliphatic carbocycles. The molecule has 0 N–H and O–H groups in total. The van der Waals surface area contributed by atoms with Crippen molar-refractivity contribution in [2.24, 2.45) is 0 Å². The Bertz CT molecular complexity index is 1030. The van der Waals surface area contributed by atoms with Crippen molar-refractivity contribution in [1.29, 1.82) is 0 Å². The second-order valence-electron chi connectivity index (χ2n) is 5.53. The SMILES string of the molecule is Fc1cccc(-c2c(-c3ccccc3)cnc3ccccc23)c1F. The summed E-state index contributed by atoms with van der Waals surface area (Å²) in [6, 6.07) is 21.4. The molecule has 4 aromatic rings. The summed E-state index contributed by atoms with van der Waals surface area (Å²) in [5.41, 5.74) is 3.33. The van der Waals surface area contributed by atoms with Crippen molar-refractivity contribution in [2.45, 2.75) is 0 Å². The highest BCUT2D eigenvalue weighted by Crippen LogP contribution is 2.38. The maximum Gasteiger partial charge on any atom is 0.166 e. The minimum atomic E-state index is -0.854. The van der Waals surface area contributed by atoms with Gasteiger partial charge in [0.05, 0.1) is 5.52 Å². The summed E-state index contributed by atoms with van der Waals surface area (Å²) in [5, 5.41) is 0.795. The molecule has 0 aliphatic rings. The molecule has 0 unspecified atom stereocenters. The van der Waals surface area contributed by atoms with Gasteiger partial charge in [0.15, 0.2) is 11.6 Å². The number of rotatable bonds is 2. The zero-order valence-corrected chi connectivity index (χ0v) is 12.7. The van der Waals surface area contributed by atoms with Crippen LogP contribution >= 0.6 is 0 Å². The van der Waals surface area contributed by atoms with E-state index in [4.69, 9.17) is 0 Å². The summed E-state index contributed by atoms with van der Waals surface area (Å²) in [4.78, 5) is 4.48. The van der Waals surface area contributed by atoms with E-state index >= 15 is 0 Å². The first-order valence-corrected chi connectivity index (χ1v) is 7.63. The summed E-state index contributed by atoms with van der Waals surface area (Å²) in [6.45, 7) is 0. The average molecular weight is 317 g/mol. The molecule has 1 heterocycles.